The van der Waals surface area contributed by atoms with E-state index in [-0.39, 0.29) is 6.04 Å². The molecule has 0 bridgehead atoms. The first-order valence-corrected chi connectivity index (χ1v) is 18.6. The summed E-state index contributed by atoms with van der Waals surface area (Å²) in [6.45, 7) is 24.7. The second-order valence-electron chi connectivity index (χ2n) is 15.4. The summed E-state index contributed by atoms with van der Waals surface area (Å²) in [5, 5.41) is 13.6. The summed E-state index contributed by atoms with van der Waals surface area (Å²) >= 11 is 7.19. The van der Waals surface area contributed by atoms with Crippen LogP contribution in [0.3, 0.4) is 0 Å². The molecule has 2 saturated heterocycles. The van der Waals surface area contributed by atoms with E-state index in [4.69, 9.17) is 21.6 Å². The van der Waals surface area contributed by atoms with Crippen molar-refractivity contribution in [3.63, 3.8) is 0 Å². The van der Waals surface area contributed by atoms with Crippen LogP contribution in [0.5, 0.6) is 0 Å². The molecule has 4 heterocycles. The second-order valence-corrected chi connectivity index (χ2v) is 15.8. The zero-order valence-corrected chi connectivity index (χ0v) is 31.1. The van der Waals surface area contributed by atoms with Gasteiger partial charge in [-0.1, -0.05) is 103 Å². The summed E-state index contributed by atoms with van der Waals surface area (Å²) in [4.78, 5) is 15.1. The Hall–Kier alpha value is -3.06. The Labute approximate surface area is 293 Å². The predicted octanol–water partition coefficient (Wildman–Crippen LogP) is 8.79. The number of benzene rings is 2. The molecule has 3 aromatic rings. The van der Waals surface area contributed by atoms with Crippen molar-refractivity contribution in [2.75, 3.05) is 32.7 Å². The second kappa shape index (κ2) is 14.0. The zero-order chi connectivity index (χ0) is 34.3. The van der Waals surface area contributed by atoms with Crippen LogP contribution in [0.25, 0.3) is 22.4 Å². The molecule has 48 heavy (non-hydrogen) atoms. The maximum atomic E-state index is 9.27. The van der Waals surface area contributed by atoms with Gasteiger partial charge in [-0.05, 0) is 59.6 Å². The van der Waals surface area contributed by atoms with Crippen LogP contribution >= 0.6 is 11.6 Å². The number of rotatable bonds is 13. The Bertz CT molecular complexity index is 1690. The van der Waals surface area contributed by atoms with Crippen molar-refractivity contribution in [2.24, 2.45) is 23.2 Å². The zero-order valence-electron chi connectivity index (χ0n) is 30.4. The molecule has 0 amide bonds. The van der Waals surface area contributed by atoms with Crippen molar-refractivity contribution >= 4 is 17.3 Å². The Morgan fingerprint density at radius 1 is 0.938 bits per heavy atom. The first-order chi connectivity index (χ1) is 22.9. The predicted molar refractivity (Wildman–Crippen MR) is 201 cm³/mol. The standard InChI is InChI=1S/C41H55ClN6/c1-9-29-36(23-48-21-28(22-48)41(7,8)11-3)46-40(29)39(43)33-17-13-16-32(38(33)42)30-14-12-15-31(26(30)6)35-18-44-37(34(10-2)45-35)24-47-19-27(20-47)25(4)5/h12-18,25,27-28,40,43,46H,9-11,19-24H2,1-8H3. The monoisotopic (exact) mass is 666 g/mol. The van der Waals surface area contributed by atoms with Gasteiger partial charge in [-0.2, -0.15) is 0 Å². The van der Waals surface area contributed by atoms with Crippen LogP contribution in [0, 0.1) is 35.5 Å². The average molecular weight is 667 g/mol. The van der Waals surface area contributed by atoms with Crippen molar-refractivity contribution in [2.45, 2.75) is 87.2 Å². The van der Waals surface area contributed by atoms with Crippen LogP contribution in [0.4, 0.5) is 0 Å². The molecular formula is C41H55ClN6. The summed E-state index contributed by atoms with van der Waals surface area (Å²) in [5.74, 6) is 2.28. The number of nitrogens with one attached hydrogen (secondary N) is 2. The number of nitrogens with zero attached hydrogens (tertiary/aromatic N) is 4. The molecule has 2 aromatic carbocycles. The fraction of sp³-hybridized carbons (Fsp3) is 0.537. The van der Waals surface area contributed by atoms with E-state index < -0.39 is 0 Å². The van der Waals surface area contributed by atoms with Crippen molar-refractivity contribution in [1.29, 1.82) is 5.41 Å². The molecule has 0 aliphatic carbocycles. The third-order valence-electron chi connectivity index (χ3n) is 11.8. The number of halogens is 1. The lowest BCUT2D eigenvalue weighted by Crippen LogP contribution is -2.57. The molecular weight excluding hydrogens is 612 g/mol. The molecule has 1 aromatic heterocycles. The van der Waals surface area contributed by atoms with E-state index >= 15 is 0 Å². The van der Waals surface area contributed by atoms with Crippen LogP contribution in [0.1, 0.15) is 83.8 Å². The summed E-state index contributed by atoms with van der Waals surface area (Å²) in [6, 6.07) is 12.3. The molecule has 2 N–H and O–H groups in total. The maximum absolute atomic E-state index is 9.27. The topological polar surface area (TPSA) is 68.1 Å². The Balaban J connectivity index is 1.19. The van der Waals surface area contributed by atoms with E-state index in [2.05, 4.69) is 94.8 Å². The molecule has 0 saturated carbocycles. The van der Waals surface area contributed by atoms with E-state index in [1.165, 1.54) is 17.7 Å². The van der Waals surface area contributed by atoms with E-state index in [1.54, 1.807) is 0 Å². The van der Waals surface area contributed by atoms with Gasteiger partial charge in [0.05, 0.1) is 40.1 Å². The van der Waals surface area contributed by atoms with Crippen LogP contribution < -0.4 is 5.32 Å². The molecule has 1 atom stereocenters. The van der Waals surface area contributed by atoms with Gasteiger partial charge in [0.25, 0.3) is 0 Å². The van der Waals surface area contributed by atoms with Gasteiger partial charge in [0.15, 0.2) is 0 Å². The normalized spacial score (nSPS) is 19.2. The van der Waals surface area contributed by atoms with Crippen LogP contribution in [0.2, 0.25) is 5.02 Å². The van der Waals surface area contributed by atoms with Gasteiger partial charge < -0.3 is 10.7 Å². The van der Waals surface area contributed by atoms with E-state index in [1.807, 2.05) is 18.3 Å². The minimum Gasteiger partial charge on any atom is -0.375 e. The van der Waals surface area contributed by atoms with Crippen molar-refractivity contribution in [3.8, 4) is 22.4 Å². The first-order valence-electron chi connectivity index (χ1n) is 18.2. The summed E-state index contributed by atoms with van der Waals surface area (Å²) in [5.41, 5.74) is 11.6. The summed E-state index contributed by atoms with van der Waals surface area (Å²) < 4.78 is 0. The van der Waals surface area contributed by atoms with Gasteiger partial charge in [0.2, 0.25) is 0 Å². The SMILES string of the molecule is CCC1=C(CN2CC(C(C)(C)CC)C2)NC1C(=N)c1cccc(-c2cccc(-c3cnc(CN4CC(C(C)C)C4)c(CC)n3)c2C)c1Cl. The van der Waals surface area contributed by atoms with Gasteiger partial charge in [-0.3, -0.25) is 14.8 Å². The number of hydrogen-bond donors (Lipinski definition) is 2. The molecule has 256 valence electrons. The van der Waals surface area contributed by atoms with Crippen LogP contribution in [-0.4, -0.2) is 64.2 Å². The molecule has 0 radical (unpaired) electrons. The summed E-state index contributed by atoms with van der Waals surface area (Å²) in [6.07, 6.45) is 4.95. The Kier molecular flexibility index (Phi) is 10.2. The largest absolute Gasteiger partial charge is 0.375 e. The van der Waals surface area contributed by atoms with Crippen molar-refractivity contribution < 1.29 is 0 Å². The third-order valence-corrected chi connectivity index (χ3v) is 12.2. The van der Waals surface area contributed by atoms with Gasteiger partial charge >= 0.3 is 0 Å². The molecule has 1 unspecified atom stereocenters. The van der Waals surface area contributed by atoms with Crippen LogP contribution in [-0.2, 0) is 13.0 Å². The molecule has 2 fully saturated rings. The quantitative estimate of drug-likeness (QED) is 0.179. The fourth-order valence-corrected chi connectivity index (χ4v) is 7.97. The van der Waals surface area contributed by atoms with E-state index in [0.717, 1.165) is 115 Å². The maximum Gasteiger partial charge on any atom is 0.0917 e. The van der Waals surface area contributed by atoms with Gasteiger partial charge in [-0.25, -0.2) is 4.98 Å². The number of likely N-dealkylation sites (tertiary alicyclic amines) is 2. The van der Waals surface area contributed by atoms with Gasteiger partial charge in [-0.15, -0.1) is 0 Å². The number of aryl methyl sites for hydroxylation is 1. The average Bonchev–Trinajstić information content (AvgIpc) is 3.01. The highest BCUT2D eigenvalue weighted by Gasteiger charge is 2.40. The third kappa shape index (κ3) is 6.60. The summed E-state index contributed by atoms with van der Waals surface area (Å²) in [7, 11) is 0. The number of aromatic nitrogens is 2. The van der Waals surface area contributed by atoms with E-state index in [9.17, 15) is 5.41 Å². The molecule has 6 nitrogen and oxygen atoms in total. The Morgan fingerprint density at radius 3 is 2.27 bits per heavy atom. The minimum absolute atomic E-state index is 0.0943. The Morgan fingerprint density at radius 2 is 1.60 bits per heavy atom. The lowest BCUT2D eigenvalue weighted by Gasteiger charge is -2.49. The molecule has 6 rings (SSSR count). The lowest BCUT2D eigenvalue weighted by molar-refractivity contribution is 0.0180. The highest BCUT2D eigenvalue weighted by atomic mass is 35.5. The fourth-order valence-electron chi connectivity index (χ4n) is 7.65. The van der Waals surface area contributed by atoms with Crippen molar-refractivity contribution in [1.82, 2.24) is 25.1 Å². The molecule has 7 heteroatoms. The first kappa shape index (κ1) is 34.8. The van der Waals surface area contributed by atoms with Crippen LogP contribution in [0.15, 0.2) is 53.9 Å². The van der Waals surface area contributed by atoms with Crippen molar-refractivity contribution in [3.05, 3.63) is 81.4 Å². The number of hydrogen-bond acceptors (Lipinski definition) is 6. The highest BCUT2D eigenvalue weighted by Crippen LogP contribution is 2.40. The molecule has 0 spiro atoms. The lowest BCUT2D eigenvalue weighted by atomic mass is 9.72. The minimum atomic E-state index is -0.0943. The molecule has 3 aliphatic heterocycles. The van der Waals surface area contributed by atoms with E-state index in [0.29, 0.717) is 16.1 Å². The highest BCUT2D eigenvalue weighted by molar-refractivity contribution is 6.37. The van der Waals surface area contributed by atoms with Gasteiger partial charge in [0, 0.05) is 61.7 Å². The smallest absolute Gasteiger partial charge is 0.0917 e. The van der Waals surface area contributed by atoms with Gasteiger partial charge in [0.1, 0.15) is 0 Å². The molecule has 3 aliphatic rings.